The molecular weight excluding hydrogens is 270 g/mol. The van der Waals surface area contributed by atoms with Crippen LogP contribution in [0.3, 0.4) is 0 Å². The Kier molecular flexibility index (Phi) is 16.7. The lowest BCUT2D eigenvalue weighted by molar-refractivity contribution is -0.123. The highest BCUT2D eigenvalue weighted by atomic mass is 16.1. The van der Waals surface area contributed by atoms with E-state index in [1.165, 1.54) is 64.2 Å². The van der Waals surface area contributed by atoms with Crippen molar-refractivity contribution in [3.05, 3.63) is 0 Å². The van der Waals surface area contributed by atoms with Gasteiger partial charge < -0.3 is 5.73 Å². The third kappa shape index (κ3) is 13.3. The summed E-state index contributed by atoms with van der Waals surface area (Å²) < 4.78 is 0. The Bertz CT molecular complexity index is 240. The molecule has 0 saturated heterocycles. The van der Waals surface area contributed by atoms with Gasteiger partial charge in [0.15, 0.2) is 0 Å². The van der Waals surface area contributed by atoms with Crippen molar-refractivity contribution < 1.29 is 4.79 Å². The van der Waals surface area contributed by atoms with Crippen LogP contribution >= 0.6 is 0 Å². The molecule has 22 heavy (non-hydrogen) atoms. The van der Waals surface area contributed by atoms with Gasteiger partial charge >= 0.3 is 0 Å². The van der Waals surface area contributed by atoms with E-state index in [0.29, 0.717) is 12.3 Å². The molecule has 0 fully saturated rings. The van der Waals surface area contributed by atoms with Crippen LogP contribution in [-0.2, 0) is 4.79 Å². The summed E-state index contributed by atoms with van der Waals surface area (Å²) in [5.74, 6) is 0.749. The summed E-state index contributed by atoms with van der Waals surface area (Å²) in [6.07, 6.45) is 18.5. The molecule has 2 nitrogen and oxygen atoms in total. The molecule has 0 spiro atoms. The first-order chi connectivity index (χ1) is 10.8. The summed E-state index contributed by atoms with van der Waals surface area (Å²) in [5.41, 5.74) is 5.53. The largest absolute Gasteiger partial charge is 0.330 e. The molecule has 0 radical (unpaired) electrons. The van der Waals surface area contributed by atoms with Crippen LogP contribution in [0.25, 0.3) is 0 Å². The first-order valence-electron chi connectivity index (χ1n) is 9.99. The van der Waals surface area contributed by atoms with Gasteiger partial charge in [-0.15, -0.1) is 0 Å². The number of hydrogen-bond acceptors (Lipinski definition) is 2. The predicted octanol–water partition coefficient (Wildman–Crippen LogP) is 6.02. The fraction of sp³-hybridized carbons (Fsp3) is 0.950. The van der Waals surface area contributed by atoms with Gasteiger partial charge in [-0.1, -0.05) is 78.1 Å². The van der Waals surface area contributed by atoms with Gasteiger partial charge in [0.05, 0.1) is 0 Å². The average molecular weight is 312 g/mol. The van der Waals surface area contributed by atoms with Crippen LogP contribution in [0.15, 0.2) is 0 Å². The van der Waals surface area contributed by atoms with Crippen LogP contribution in [-0.4, -0.2) is 12.3 Å². The van der Waals surface area contributed by atoms with Crippen LogP contribution in [0, 0.1) is 5.92 Å². The topological polar surface area (TPSA) is 43.1 Å². The zero-order valence-corrected chi connectivity index (χ0v) is 15.4. The molecule has 0 aliphatic heterocycles. The third-order valence-electron chi connectivity index (χ3n) is 4.73. The highest BCUT2D eigenvalue weighted by Gasteiger charge is 2.14. The molecule has 1 atom stereocenters. The maximum absolute atomic E-state index is 12.1. The Morgan fingerprint density at radius 3 is 1.73 bits per heavy atom. The van der Waals surface area contributed by atoms with Crippen LogP contribution in [0.4, 0.5) is 0 Å². The summed E-state index contributed by atoms with van der Waals surface area (Å²) in [5, 5.41) is 0. The minimum Gasteiger partial charge on any atom is -0.330 e. The molecule has 0 aromatic carbocycles. The lowest BCUT2D eigenvalue weighted by Gasteiger charge is -2.12. The Hall–Kier alpha value is -0.370. The van der Waals surface area contributed by atoms with E-state index in [9.17, 15) is 4.79 Å². The van der Waals surface area contributed by atoms with Gasteiger partial charge in [0.25, 0.3) is 0 Å². The molecule has 2 N–H and O–H groups in total. The summed E-state index contributed by atoms with van der Waals surface area (Å²) in [7, 11) is 0. The summed E-state index contributed by atoms with van der Waals surface area (Å²) >= 11 is 0. The zero-order chi connectivity index (χ0) is 16.5. The summed E-state index contributed by atoms with van der Waals surface area (Å²) in [4.78, 5) is 12.1. The Balaban J connectivity index is 3.35. The molecule has 0 aliphatic carbocycles. The van der Waals surface area contributed by atoms with Crippen molar-refractivity contribution in [1.29, 1.82) is 0 Å². The molecule has 132 valence electrons. The lowest BCUT2D eigenvalue weighted by atomic mass is 9.92. The van der Waals surface area contributed by atoms with E-state index in [2.05, 4.69) is 13.8 Å². The van der Waals surface area contributed by atoms with Crippen molar-refractivity contribution in [2.45, 2.75) is 110 Å². The number of unbranched alkanes of at least 4 members (excludes halogenated alkanes) is 10. The molecule has 0 saturated carbocycles. The standard InChI is InChI=1S/C20H41NO/c1-3-5-6-7-8-9-10-11-12-13-14-17-20(22)19(4-2)16-15-18-21/h19H,3-18,21H2,1-2H3. The van der Waals surface area contributed by atoms with Crippen molar-refractivity contribution in [2.75, 3.05) is 6.54 Å². The van der Waals surface area contributed by atoms with Gasteiger partial charge in [-0.2, -0.15) is 0 Å². The normalized spacial score (nSPS) is 12.5. The van der Waals surface area contributed by atoms with E-state index in [4.69, 9.17) is 5.73 Å². The van der Waals surface area contributed by atoms with Gasteiger partial charge in [-0.05, 0) is 32.2 Å². The number of Topliss-reactive ketones (excluding diaryl/α,β-unsaturated/α-hetero) is 1. The number of carbonyl (C=O) groups excluding carboxylic acids is 1. The molecule has 0 amide bonds. The van der Waals surface area contributed by atoms with Crippen molar-refractivity contribution in [2.24, 2.45) is 11.7 Å². The molecule has 0 bridgehead atoms. The number of nitrogens with two attached hydrogens (primary N) is 1. The highest BCUT2D eigenvalue weighted by Crippen LogP contribution is 2.17. The van der Waals surface area contributed by atoms with Crippen molar-refractivity contribution in [3.8, 4) is 0 Å². The van der Waals surface area contributed by atoms with Crippen LogP contribution < -0.4 is 5.73 Å². The van der Waals surface area contributed by atoms with E-state index in [1.54, 1.807) is 0 Å². The monoisotopic (exact) mass is 311 g/mol. The maximum atomic E-state index is 12.1. The first-order valence-corrected chi connectivity index (χ1v) is 9.99. The fourth-order valence-corrected chi connectivity index (χ4v) is 3.12. The number of ketones is 1. The molecule has 0 heterocycles. The van der Waals surface area contributed by atoms with E-state index >= 15 is 0 Å². The molecular formula is C20H41NO. The van der Waals surface area contributed by atoms with Gasteiger partial charge in [0, 0.05) is 12.3 Å². The molecule has 0 rings (SSSR count). The maximum Gasteiger partial charge on any atom is 0.135 e. The lowest BCUT2D eigenvalue weighted by Crippen LogP contribution is -2.15. The van der Waals surface area contributed by atoms with Crippen LogP contribution in [0.1, 0.15) is 110 Å². The minimum atomic E-state index is 0.270. The highest BCUT2D eigenvalue weighted by molar-refractivity contribution is 5.80. The number of hydrogen-bond donors (Lipinski definition) is 1. The van der Waals surface area contributed by atoms with Gasteiger partial charge in [0.1, 0.15) is 5.78 Å². The predicted molar refractivity (Wildman–Crippen MR) is 98.2 cm³/mol. The van der Waals surface area contributed by atoms with E-state index < -0.39 is 0 Å². The van der Waals surface area contributed by atoms with E-state index in [1.807, 2.05) is 0 Å². The van der Waals surface area contributed by atoms with Gasteiger partial charge in [-0.3, -0.25) is 4.79 Å². The number of carbonyl (C=O) groups is 1. The van der Waals surface area contributed by atoms with Crippen LogP contribution in [0.2, 0.25) is 0 Å². The second-order valence-electron chi connectivity index (χ2n) is 6.79. The second-order valence-corrected chi connectivity index (χ2v) is 6.79. The van der Waals surface area contributed by atoms with Crippen molar-refractivity contribution in [3.63, 3.8) is 0 Å². The Morgan fingerprint density at radius 2 is 1.27 bits per heavy atom. The van der Waals surface area contributed by atoms with Gasteiger partial charge in [-0.25, -0.2) is 0 Å². The molecule has 0 aromatic heterocycles. The van der Waals surface area contributed by atoms with Gasteiger partial charge in [0.2, 0.25) is 0 Å². The molecule has 0 aromatic rings. The minimum absolute atomic E-state index is 0.270. The van der Waals surface area contributed by atoms with E-state index in [-0.39, 0.29) is 5.92 Å². The van der Waals surface area contributed by atoms with Crippen molar-refractivity contribution >= 4 is 5.78 Å². The summed E-state index contributed by atoms with van der Waals surface area (Å²) in [6.45, 7) is 5.10. The quantitative estimate of drug-likeness (QED) is 0.334. The molecule has 1 unspecified atom stereocenters. The Morgan fingerprint density at radius 1 is 0.773 bits per heavy atom. The second kappa shape index (κ2) is 17.0. The smallest absolute Gasteiger partial charge is 0.135 e. The van der Waals surface area contributed by atoms with Crippen LogP contribution in [0.5, 0.6) is 0 Å². The zero-order valence-electron chi connectivity index (χ0n) is 15.4. The molecule has 2 heteroatoms. The summed E-state index contributed by atoms with van der Waals surface area (Å²) in [6, 6.07) is 0. The van der Waals surface area contributed by atoms with E-state index in [0.717, 1.165) is 32.1 Å². The average Bonchev–Trinajstić information content (AvgIpc) is 2.53. The first kappa shape index (κ1) is 21.6. The Labute approximate surface area is 139 Å². The molecule has 0 aliphatic rings. The third-order valence-corrected chi connectivity index (χ3v) is 4.73. The SMILES string of the molecule is CCCCCCCCCCCCCC(=O)C(CC)CCCN. The van der Waals surface area contributed by atoms with Crippen molar-refractivity contribution in [1.82, 2.24) is 0 Å². The fourth-order valence-electron chi connectivity index (χ4n) is 3.12. The number of rotatable bonds is 17.